The van der Waals surface area contributed by atoms with Gasteiger partial charge in [-0.3, -0.25) is 0 Å². The number of nitrogens with one attached hydrogen (secondary N) is 1. The van der Waals surface area contributed by atoms with Crippen molar-refractivity contribution in [1.82, 2.24) is 14.7 Å². The van der Waals surface area contributed by atoms with E-state index in [1.54, 1.807) is 23.5 Å². The highest BCUT2D eigenvalue weighted by molar-refractivity contribution is 7.89. The number of aromatic nitrogens is 2. The van der Waals surface area contributed by atoms with Gasteiger partial charge in [-0.1, -0.05) is 0 Å². The maximum atomic E-state index is 12.3. The first-order valence-corrected chi connectivity index (χ1v) is 11.6. The molecule has 2 aliphatic rings. The Morgan fingerprint density at radius 1 is 1.15 bits per heavy atom. The number of aryl methyl sites for hydroxylation is 2. The predicted molar refractivity (Wildman–Crippen MR) is 108 cm³/mol. The molecule has 7 nitrogen and oxygen atoms in total. The molecular weight excluding hydrogens is 382 g/mol. The summed E-state index contributed by atoms with van der Waals surface area (Å²) in [6.07, 6.45) is 3.70. The Bertz CT molecular complexity index is 879. The van der Waals surface area contributed by atoms with Crippen molar-refractivity contribution in [2.45, 2.75) is 31.6 Å². The minimum Gasteiger partial charge on any atom is -0.353 e. The quantitative estimate of drug-likeness (QED) is 0.791. The number of anilines is 2. The third-order valence-corrected chi connectivity index (χ3v) is 7.72. The third kappa shape index (κ3) is 4.25. The first-order valence-electron chi connectivity index (χ1n) is 9.32. The number of nitrogens with zero attached hydrogens (tertiary/aromatic N) is 4. The maximum absolute atomic E-state index is 12.3. The van der Waals surface area contributed by atoms with Crippen LogP contribution in [-0.4, -0.2) is 51.1 Å². The van der Waals surface area contributed by atoms with Crippen LogP contribution in [0, 0.1) is 19.8 Å². The number of thiazole rings is 1. The number of piperazine rings is 1. The van der Waals surface area contributed by atoms with Crippen molar-refractivity contribution >= 4 is 32.3 Å². The number of sulfonamides is 1. The Labute approximate surface area is 164 Å². The van der Waals surface area contributed by atoms with E-state index in [4.69, 9.17) is 0 Å². The molecule has 1 N–H and O–H groups in total. The van der Waals surface area contributed by atoms with Gasteiger partial charge in [-0.25, -0.2) is 23.1 Å². The van der Waals surface area contributed by atoms with Crippen molar-refractivity contribution in [3.05, 3.63) is 28.9 Å². The highest BCUT2D eigenvalue weighted by atomic mass is 32.2. The van der Waals surface area contributed by atoms with Crippen molar-refractivity contribution in [2.24, 2.45) is 5.92 Å². The summed E-state index contributed by atoms with van der Waals surface area (Å²) in [5, 5.41) is 1.08. The van der Waals surface area contributed by atoms with E-state index in [0.29, 0.717) is 12.5 Å². The molecule has 9 heteroatoms. The van der Waals surface area contributed by atoms with Crippen LogP contribution in [0.15, 0.2) is 23.2 Å². The van der Waals surface area contributed by atoms with Gasteiger partial charge in [0.15, 0.2) is 5.13 Å². The summed E-state index contributed by atoms with van der Waals surface area (Å²) in [7, 11) is -3.46. The summed E-state index contributed by atoms with van der Waals surface area (Å²) in [5.41, 5.74) is 1.10. The van der Waals surface area contributed by atoms with Gasteiger partial charge in [0.05, 0.1) is 5.69 Å². The van der Waals surface area contributed by atoms with Gasteiger partial charge in [-0.15, -0.1) is 11.3 Å². The van der Waals surface area contributed by atoms with Crippen LogP contribution in [0.1, 0.15) is 23.4 Å². The van der Waals surface area contributed by atoms with E-state index in [-0.39, 0.29) is 4.90 Å². The van der Waals surface area contributed by atoms with E-state index in [2.05, 4.69) is 31.4 Å². The maximum Gasteiger partial charge on any atom is 0.242 e. The van der Waals surface area contributed by atoms with Crippen LogP contribution in [-0.2, 0) is 10.0 Å². The topological polar surface area (TPSA) is 78.4 Å². The standard InChI is InChI=1S/C18H25N5O2S2/c1-13-14(2)26-18(21-13)23-9-7-22(8-10-23)17-6-5-16(12-19-17)27(24,25)20-11-15-3-4-15/h5-6,12,15,20H,3-4,7-11H2,1-2H3. The lowest BCUT2D eigenvalue weighted by molar-refractivity contribution is 0.577. The molecule has 2 fully saturated rings. The van der Waals surface area contributed by atoms with E-state index in [9.17, 15) is 8.42 Å². The van der Waals surface area contributed by atoms with Gasteiger partial charge in [0.1, 0.15) is 10.7 Å². The average molecular weight is 408 g/mol. The first kappa shape index (κ1) is 18.6. The highest BCUT2D eigenvalue weighted by Gasteiger charge is 2.25. The highest BCUT2D eigenvalue weighted by Crippen LogP contribution is 2.28. The molecule has 0 aromatic carbocycles. The average Bonchev–Trinajstić information content (AvgIpc) is 3.45. The zero-order valence-electron chi connectivity index (χ0n) is 15.7. The summed E-state index contributed by atoms with van der Waals surface area (Å²) < 4.78 is 27.3. The van der Waals surface area contributed by atoms with Crippen LogP contribution >= 0.6 is 11.3 Å². The summed E-state index contributed by atoms with van der Waals surface area (Å²) in [5.74, 6) is 1.33. The van der Waals surface area contributed by atoms with E-state index >= 15 is 0 Å². The molecule has 0 bridgehead atoms. The lowest BCUT2D eigenvalue weighted by atomic mass is 10.3. The van der Waals surface area contributed by atoms with Crippen molar-refractivity contribution in [3.63, 3.8) is 0 Å². The van der Waals surface area contributed by atoms with Crippen molar-refractivity contribution in [1.29, 1.82) is 0 Å². The second kappa shape index (κ2) is 7.37. The second-order valence-corrected chi connectivity index (χ2v) is 10.2. The molecule has 3 heterocycles. The van der Waals surface area contributed by atoms with Crippen LogP contribution in [0.3, 0.4) is 0 Å². The number of hydrogen-bond acceptors (Lipinski definition) is 7. The Morgan fingerprint density at radius 3 is 2.41 bits per heavy atom. The Hall–Kier alpha value is -1.71. The summed E-state index contributed by atoms with van der Waals surface area (Å²) in [4.78, 5) is 15.0. The summed E-state index contributed by atoms with van der Waals surface area (Å²) in [6.45, 7) is 8.14. The third-order valence-electron chi connectivity index (χ3n) is 5.18. The minimum absolute atomic E-state index is 0.235. The van der Waals surface area contributed by atoms with Gasteiger partial charge in [0.25, 0.3) is 0 Å². The van der Waals surface area contributed by atoms with E-state index in [1.165, 1.54) is 11.1 Å². The monoisotopic (exact) mass is 407 g/mol. The van der Waals surface area contributed by atoms with Crippen LogP contribution in [0.5, 0.6) is 0 Å². The Kier molecular flexibility index (Phi) is 5.09. The molecule has 0 amide bonds. The minimum atomic E-state index is -3.46. The largest absolute Gasteiger partial charge is 0.353 e. The Morgan fingerprint density at radius 2 is 1.85 bits per heavy atom. The van der Waals surface area contributed by atoms with E-state index in [1.807, 2.05) is 6.92 Å². The lowest BCUT2D eigenvalue weighted by Crippen LogP contribution is -2.46. The second-order valence-electron chi connectivity index (χ2n) is 7.26. The number of pyridine rings is 1. The van der Waals surface area contributed by atoms with Crippen LogP contribution < -0.4 is 14.5 Å². The molecular formula is C18H25N5O2S2. The van der Waals surface area contributed by atoms with Gasteiger partial charge in [0, 0.05) is 43.8 Å². The molecule has 4 rings (SSSR count). The van der Waals surface area contributed by atoms with E-state index in [0.717, 1.165) is 55.7 Å². The van der Waals surface area contributed by atoms with Crippen LogP contribution in [0.4, 0.5) is 10.9 Å². The predicted octanol–water partition coefficient (Wildman–Crippen LogP) is 2.17. The first-order chi connectivity index (χ1) is 12.9. The summed E-state index contributed by atoms with van der Waals surface area (Å²) >= 11 is 1.74. The van der Waals surface area contributed by atoms with Gasteiger partial charge in [-0.2, -0.15) is 0 Å². The smallest absolute Gasteiger partial charge is 0.242 e. The molecule has 1 aliphatic carbocycles. The van der Waals surface area contributed by atoms with Crippen LogP contribution in [0.25, 0.3) is 0 Å². The van der Waals surface area contributed by atoms with Crippen molar-refractivity contribution in [2.75, 3.05) is 42.5 Å². The lowest BCUT2D eigenvalue weighted by Gasteiger charge is -2.35. The van der Waals surface area contributed by atoms with E-state index < -0.39 is 10.0 Å². The fraction of sp³-hybridized carbons (Fsp3) is 0.556. The molecule has 0 radical (unpaired) electrons. The molecule has 2 aromatic heterocycles. The molecule has 1 saturated carbocycles. The molecule has 27 heavy (non-hydrogen) atoms. The molecule has 2 aromatic rings. The van der Waals surface area contributed by atoms with Gasteiger partial charge >= 0.3 is 0 Å². The Balaban J connectivity index is 1.37. The molecule has 0 atom stereocenters. The fourth-order valence-corrected chi connectivity index (χ4v) is 5.09. The SMILES string of the molecule is Cc1nc(N2CCN(c3ccc(S(=O)(=O)NCC4CC4)cn3)CC2)sc1C. The fourth-order valence-electron chi connectivity index (χ4n) is 3.07. The molecule has 1 saturated heterocycles. The summed E-state index contributed by atoms with van der Waals surface area (Å²) in [6, 6.07) is 3.45. The molecule has 0 unspecified atom stereocenters. The molecule has 0 spiro atoms. The number of hydrogen-bond donors (Lipinski definition) is 1. The molecule has 1 aliphatic heterocycles. The van der Waals surface area contributed by atoms with Gasteiger partial charge in [-0.05, 0) is 44.7 Å². The van der Waals surface area contributed by atoms with Gasteiger partial charge in [0.2, 0.25) is 10.0 Å². The van der Waals surface area contributed by atoms with Crippen LogP contribution in [0.2, 0.25) is 0 Å². The van der Waals surface area contributed by atoms with Crippen molar-refractivity contribution in [3.8, 4) is 0 Å². The number of rotatable bonds is 6. The molecule has 146 valence electrons. The zero-order valence-corrected chi connectivity index (χ0v) is 17.3. The van der Waals surface area contributed by atoms with Gasteiger partial charge < -0.3 is 9.80 Å². The zero-order chi connectivity index (χ0) is 19.0. The normalized spacial score (nSPS) is 18.1. The van der Waals surface area contributed by atoms with Crippen molar-refractivity contribution < 1.29 is 8.42 Å².